The van der Waals surface area contributed by atoms with E-state index in [0.717, 1.165) is 48.2 Å². The van der Waals surface area contributed by atoms with Crippen LogP contribution in [0.15, 0.2) is 48.5 Å². The lowest BCUT2D eigenvalue weighted by Crippen LogP contribution is -2.18. The van der Waals surface area contributed by atoms with Crippen molar-refractivity contribution in [3.63, 3.8) is 0 Å². The number of rotatable bonds is 12. The van der Waals surface area contributed by atoms with E-state index < -0.39 is 6.29 Å². The van der Waals surface area contributed by atoms with E-state index in [2.05, 4.69) is 69.5 Å². The van der Waals surface area contributed by atoms with Crippen molar-refractivity contribution in [2.45, 2.75) is 77.5 Å². The molecule has 0 amide bonds. The predicted octanol–water partition coefficient (Wildman–Crippen LogP) is 6.07. The molecule has 0 unspecified atom stereocenters. The van der Waals surface area contributed by atoms with Crippen molar-refractivity contribution in [3.8, 4) is 22.5 Å². The highest BCUT2D eigenvalue weighted by Gasteiger charge is 2.25. The third kappa shape index (κ3) is 6.16. The molecule has 4 aromatic rings. The standard InChI is InChI=1S/C29H37N7O2/c1-3-18-37-29(38-19-4-2)28-30-26(36(33-28)23-10-6-5-7-11-23)20-21-14-16-22(17-15-21)24-12-8-9-13-25(24)27-31-34-35-32-27/h8-9,12-17,23,29H,3-7,10-11,18-20H2,1-2H3,(H,31,32,34,35). The summed E-state index contributed by atoms with van der Waals surface area (Å²) in [4.78, 5) is 4.99. The summed E-state index contributed by atoms with van der Waals surface area (Å²) < 4.78 is 14.2. The van der Waals surface area contributed by atoms with Crippen molar-refractivity contribution in [3.05, 3.63) is 65.7 Å². The van der Waals surface area contributed by atoms with E-state index in [1.165, 1.54) is 24.8 Å². The quantitative estimate of drug-likeness (QED) is 0.228. The van der Waals surface area contributed by atoms with E-state index in [1.54, 1.807) is 0 Å². The Balaban J connectivity index is 1.41. The lowest BCUT2D eigenvalue weighted by atomic mass is 9.95. The lowest BCUT2D eigenvalue weighted by Gasteiger charge is -2.23. The van der Waals surface area contributed by atoms with Gasteiger partial charge in [0.05, 0.1) is 6.04 Å². The van der Waals surface area contributed by atoms with Crippen molar-refractivity contribution in [2.75, 3.05) is 13.2 Å². The summed E-state index contributed by atoms with van der Waals surface area (Å²) in [5.74, 6) is 2.26. The van der Waals surface area contributed by atoms with Crippen LogP contribution < -0.4 is 0 Å². The summed E-state index contributed by atoms with van der Waals surface area (Å²) in [6.45, 7) is 5.44. The van der Waals surface area contributed by atoms with Gasteiger partial charge in [0.15, 0.2) is 5.82 Å². The number of hydrogen-bond donors (Lipinski definition) is 1. The molecule has 2 aromatic heterocycles. The number of benzene rings is 2. The molecule has 1 aliphatic carbocycles. The fourth-order valence-corrected chi connectivity index (χ4v) is 5.06. The van der Waals surface area contributed by atoms with Gasteiger partial charge in [-0.2, -0.15) is 5.10 Å². The molecule has 2 heterocycles. The third-order valence-electron chi connectivity index (χ3n) is 6.95. The number of nitrogens with one attached hydrogen (secondary N) is 1. The molecule has 5 rings (SSSR count). The van der Waals surface area contributed by atoms with Gasteiger partial charge >= 0.3 is 0 Å². The van der Waals surface area contributed by atoms with Gasteiger partial charge in [0.1, 0.15) is 5.82 Å². The minimum absolute atomic E-state index is 0.375. The predicted molar refractivity (Wildman–Crippen MR) is 145 cm³/mol. The normalized spacial score (nSPS) is 14.4. The summed E-state index contributed by atoms with van der Waals surface area (Å²) >= 11 is 0. The van der Waals surface area contributed by atoms with Crippen molar-refractivity contribution in [1.29, 1.82) is 0 Å². The molecule has 0 saturated heterocycles. The van der Waals surface area contributed by atoms with Gasteiger partial charge in [-0.1, -0.05) is 81.6 Å². The van der Waals surface area contributed by atoms with Crippen LogP contribution in [-0.4, -0.2) is 48.6 Å². The van der Waals surface area contributed by atoms with Gasteiger partial charge in [0.25, 0.3) is 0 Å². The SMILES string of the molecule is CCCOC(OCCC)c1nc(Cc2ccc(-c3ccccc3-c3nnn[nH]3)cc2)n(C2CCCCC2)n1. The minimum atomic E-state index is -0.525. The highest BCUT2D eigenvalue weighted by Crippen LogP contribution is 2.32. The van der Waals surface area contributed by atoms with Crippen LogP contribution >= 0.6 is 0 Å². The van der Waals surface area contributed by atoms with E-state index in [0.29, 0.717) is 37.3 Å². The molecule has 1 saturated carbocycles. The van der Waals surface area contributed by atoms with Gasteiger partial charge in [-0.05, 0) is 52.8 Å². The molecule has 2 aromatic carbocycles. The third-order valence-corrected chi connectivity index (χ3v) is 6.95. The van der Waals surface area contributed by atoms with Crippen LogP contribution in [0.25, 0.3) is 22.5 Å². The molecule has 200 valence electrons. The van der Waals surface area contributed by atoms with E-state index in [9.17, 15) is 0 Å². The van der Waals surface area contributed by atoms with E-state index in [4.69, 9.17) is 19.6 Å². The lowest BCUT2D eigenvalue weighted by molar-refractivity contribution is -0.151. The van der Waals surface area contributed by atoms with Gasteiger partial charge < -0.3 is 9.47 Å². The maximum Gasteiger partial charge on any atom is 0.221 e. The fraction of sp³-hybridized carbons (Fsp3) is 0.483. The van der Waals surface area contributed by atoms with Crippen molar-refractivity contribution < 1.29 is 9.47 Å². The zero-order valence-electron chi connectivity index (χ0n) is 22.3. The molecule has 0 bridgehead atoms. The maximum atomic E-state index is 6.01. The fourth-order valence-electron chi connectivity index (χ4n) is 5.06. The summed E-state index contributed by atoms with van der Waals surface area (Å²) in [5.41, 5.74) is 4.34. The Morgan fingerprint density at radius 2 is 1.63 bits per heavy atom. The number of hydrogen-bond acceptors (Lipinski definition) is 7. The number of aromatic nitrogens is 7. The van der Waals surface area contributed by atoms with Gasteiger partial charge in [0, 0.05) is 25.2 Å². The number of H-pyrrole nitrogens is 1. The number of aromatic amines is 1. The molecular weight excluding hydrogens is 478 g/mol. The molecule has 9 nitrogen and oxygen atoms in total. The first kappa shape index (κ1) is 26.2. The molecule has 1 fully saturated rings. The second kappa shape index (κ2) is 12.9. The van der Waals surface area contributed by atoms with Crippen LogP contribution in [0.2, 0.25) is 0 Å². The topological polar surface area (TPSA) is 104 Å². The van der Waals surface area contributed by atoms with Gasteiger partial charge in [-0.25, -0.2) is 14.8 Å². The highest BCUT2D eigenvalue weighted by molar-refractivity contribution is 5.80. The molecule has 0 radical (unpaired) electrons. The van der Waals surface area contributed by atoms with Crippen molar-refractivity contribution >= 4 is 0 Å². The second-order valence-corrected chi connectivity index (χ2v) is 9.87. The molecule has 1 N–H and O–H groups in total. The number of nitrogens with zero attached hydrogens (tertiary/aromatic N) is 6. The first-order chi connectivity index (χ1) is 18.8. The van der Waals surface area contributed by atoms with Crippen LogP contribution in [0.3, 0.4) is 0 Å². The van der Waals surface area contributed by atoms with Crippen LogP contribution in [0.4, 0.5) is 0 Å². The van der Waals surface area contributed by atoms with Crippen molar-refractivity contribution in [1.82, 2.24) is 35.4 Å². The maximum absolute atomic E-state index is 6.01. The van der Waals surface area contributed by atoms with Gasteiger partial charge in [-0.3, -0.25) is 0 Å². The Bertz CT molecular complexity index is 1260. The molecular formula is C29H37N7O2. The van der Waals surface area contributed by atoms with Crippen LogP contribution in [0, 0.1) is 0 Å². The molecule has 38 heavy (non-hydrogen) atoms. The van der Waals surface area contributed by atoms with E-state index in [-0.39, 0.29) is 0 Å². The summed E-state index contributed by atoms with van der Waals surface area (Å²) in [6, 6.07) is 17.2. The Morgan fingerprint density at radius 3 is 2.29 bits per heavy atom. The van der Waals surface area contributed by atoms with Crippen molar-refractivity contribution in [2.24, 2.45) is 0 Å². The highest BCUT2D eigenvalue weighted by atomic mass is 16.7. The smallest absolute Gasteiger partial charge is 0.221 e. The van der Waals surface area contributed by atoms with Crippen LogP contribution in [0.5, 0.6) is 0 Å². The summed E-state index contributed by atoms with van der Waals surface area (Å²) in [5, 5.41) is 19.4. The Labute approximate surface area is 224 Å². The van der Waals surface area contributed by atoms with Crippen LogP contribution in [-0.2, 0) is 15.9 Å². The number of tetrazole rings is 1. The van der Waals surface area contributed by atoms with Gasteiger partial charge in [-0.15, -0.1) is 5.10 Å². The average Bonchev–Trinajstić information content (AvgIpc) is 3.65. The monoisotopic (exact) mass is 515 g/mol. The first-order valence-corrected chi connectivity index (χ1v) is 13.9. The first-order valence-electron chi connectivity index (χ1n) is 13.9. The Hall–Kier alpha value is -3.43. The molecule has 0 spiro atoms. The summed E-state index contributed by atoms with van der Waals surface area (Å²) in [7, 11) is 0. The molecule has 0 aliphatic heterocycles. The zero-order valence-corrected chi connectivity index (χ0v) is 22.3. The van der Waals surface area contributed by atoms with E-state index in [1.807, 2.05) is 18.2 Å². The Morgan fingerprint density at radius 1 is 0.921 bits per heavy atom. The van der Waals surface area contributed by atoms with E-state index >= 15 is 0 Å². The summed E-state index contributed by atoms with van der Waals surface area (Å²) in [6.07, 6.45) is 8.05. The van der Waals surface area contributed by atoms with Crippen LogP contribution in [0.1, 0.15) is 88.3 Å². The Kier molecular flexibility index (Phi) is 8.88. The largest absolute Gasteiger partial charge is 0.346 e. The average molecular weight is 516 g/mol. The molecule has 1 aliphatic rings. The molecule has 9 heteroatoms. The zero-order chi connectivity index (χ0) is 26.2. The van der Waals surface area contributed by atoms with Gasteiger partial charge in [0.2, 0.25) is 12.1 Å². The minimum Gasteiger partial charge on any atom is -0.346 e. The molecule has 0 atom stereocenters. The second-order valence-electron chi connectivity index (χ2n) is 9.87. The number of ether oxygens (including phenoxy) is 2.